The number of Topliss-reactive ketones (excluding diaryl/α,β-unsaturated/α-hetero) is 1. The number of halogens is 2. The van der Waals surface area contributed by atoms with Crippen LogP contribution in [0.5, 0.6) is 0 Å². The van der Waals surface area contributed by atoms with Gasteiger partial charge in [-0.05, 0) is 18.7 Å². The lowest BCUT2D eigenvalue weighted by Gasteiger charge is -2.10. The number of hydrogen-bond donors (Lipinski definition) is 1. The van der Waals surface area contributed by atoms with Gasteiger partial charge in [-0.3, -0.25) is 4.79 Å². The highest BCUT2D eigenvalue weighted by atomic mass is 35.5. The van der Waals surface area contributed by atoms with E-state index < -0.39 is 5.82 Å². The molecule has 0 fully saturated rings. The number of hydrogen-bond acceptors (Lipinski definition) is 2. The van der Waals surface area contributed by atoms with Crippen LogP contribution in [0.1, 0.15) is 12.5 Å². The Bertz CT molecular complexity index is 381. The Hall–Kier alpha value is -0.930. The summed E-state index contributed by atoms with van der Waals surface area (Å²) < 4.78 is 13.5. The zero-order valence-corrected chi connectivity index (χ0v) is 10.1. The Morgan fingerprint density at radius 1 is 1.56 bits per heavy atom. The van der Waals surface area contributed by atoms with Crippen LogP contribution in [0.2, 0.25) is 5.02 Å². The highest BCUT2D eigenvalue weighted by molar-refractivity contribution is 6.30. The molecule has 4 heteroatoms. The molecule has 0 aliphatic rings. The van der Waals surface area contributed by atoms with Crippen molar-refractivity contribution >= 4 is 17.4 Å². The van der Waals surface area contributed by atoms with Gasteiger partial charge in [0.1, 0.15) is 11.6 Å². The SMILES string of the molecule is CNCC(C)C(=O)Cc1cccc(Cl)c1F. The molecular weight excluding hydrogens is 229 g/mol. The van der Waals surface area contributed by atoms with Crippen molar-refractivity contribution in [3.05, 3.63) is 34.6 Å². The summed E-state index contributed by atoms with van der Waals surface area (Å²) in [6.07, 6.45) is 0.0925. The Kier molecular flexibility index (Phi) is 4.90. The molecule has 0 amide bonds. The Labute approximate surface area is 99.8 Å². The van der Waals surface area contributed by atoms with E-state index in [2.05, 4.69) is 5.32 Å². The first-order chi connectivity index (χ1) is 7.56. The Balaban J connectivity index is 2.73. The number of nitrogens with one attached hydrogen (secondary N) is 1. The minimum absolute atomic E-state index is 0.00974. The van der Waals surface area contributed by atoms with Gasteiger partial charge in [-0.15, -0.1) is 0 Å². The van der Waals surface area contributed by atoms with Crippen molar-refractivity contribution in [1.29, 1.82) is 0 Å². The maximum Gasteiger partial charge on any atom is 0.145 e. The number of carbonyl (C=O) groups is 1. The molecule has 2 nitrogen and oxygen atoms in total. The lowest BCUT2D eigenvalue weighted by Crippen LogP contribution is -2.25. The fourth-order valence-corrected chi connectivity index (χ4v) is 1.66. The number of benzene rings is 1. The first-order valence-electron chi connectivity index (χ1n) is 5.16. The third-order valence-electron chi connectivity index (χ3n) is 2.46. The second-order valence-electron chi connectivity index (χ2n) is 3.81. The molecule has 0 saturated carbocycles. The van der Waals surface area contributed by atoms with Crippen LogP contribution in [-0.2, 0) is 11.2 Å². The van der Waals surface area contributed by atoms with Gasteiger partial charge in [-0.25, -0.2) is 4.39 Å². The quantitative estimate of drug-likeness (QED) is 0.861. The van der Waals surface area contributed by atoms with Gasteiger partial charge >= 0.3 is 0 Å². The molecule has 0 aliphatic heterocycles. The van der Waals surface area contributed by atoms with Crippen LogP contribution in [-0.4, -0.2) is 19.4 Å². The summed E-state index contributed by atoms with van der Waals surface area (Å²) in [5.74, 6) is -0.604. The van der Waals surface area contributed by atoms with E-state index in [9.17, 15) is 9.18 Å². The van der Waals surface area contributed by atoms with Crippen LogP contribution in [0, 0.1) is 11.7 Å². The van der Waals surface area contributed by atoms with Crippen molar-refractivity contribution in [3.8, 4) is 0 Å². The molecule has 1 unspecified atom stereocenters. The van der Waals surface area contributed by atoms with E-state index in [0.29, 0.717) is 12.1 Å². The minimum Gasteiger partial charge on any atom is -0.319 e. The summed E-state index contributed by atoms with van der Waals surface area (Å²) in [6.45, 7) is 2.42. The lowest BCUT2D eigenvalue weighted by atomic mass is 9.99. The summed E-state index contributed by atoms with van der Waals surface area (Å²) in [5.41, 5.74) is 0.362. The number of rotatable bonds is 5. The molecule has 1 atom stereocenters. The monoisotopic (exact) mass is 243 g/mol. The maximum absolute atomic E-state index is 13.5. The van der Waals surface area contributed by atoms with Gasteiger partial charge in [0.25, 0.3) is 0 Å². The second kappa shape index (κ2) is 5.97. The molecule has 0 spiro atoms. The number of ketones is 1. The fourth-order valence-electron chi connectivity index (χ4n) is 1.47. The van der Waals surface area contributed by atoms with Crippen molar-refractivity contribution in [3.63, 3.8) is 0 Å². The van der Waals surface area contributed by atoms with Crippen molar-refractivity contribution in [2.45, 2.75) is 13.3 Å². The zero-order chi connectivity index (χ0) is 12.1. The zero-order valence-electron chi connectivity index (χ0n) is 9.39. The van der Waals surface area contributed by atoms with Gasteiger partial charge in [0.15, 0.2) is 0 Å². The molecule has 1 rings (SSSR count). The predicted molar refractivity (Wildman–Crippen MR) is 63.2 cm³/mol. The Morgan fingerprint density at radius 3 is 2.88 bits per heavy atom. The summed E-state index contributed by atoms with van der Waals surface area (Å²) in [6, 6.07) is 4.71. The minimum atomic E-state index is -0.492. The highest BCUT2D eigenvalue weighted by Gasteiger charge is 2.15. The second-order valence-corrected chi connectivity index (χ2v) is 4.22. The molecule has 0 aliphatic carbocycles. The first kappa shape index (κ1) is 13.1. The van der Waals surface area contributed by atoms with Crippen LogP contribution in [0.3, 0.4) is 0 Å². The van der Waals surface area contributed by atoms with Gasteiger partial charge in [0, 0.05) is 18.9 Å². The molecular formula is C12H15ClFNO. The summed E-state index contributed by atoms with van der Waals surface area (Å²) in [5, 5.41) is 2.98. The van der Waals surface area contributed by atoms with Gasteiger partial charge in [0.05, 0.1) is 5.02 Å². The van der Waals surface area contributed by atoms with E-state index in [-0.39, 0.29) is 23.1 Å². The van der Waals surface area contributed by atoms with Crippen LogP contribution < -0.4 is 5.32 Å². The molecule has 88 valence electrons. The topological polar surface area (TPSA) is 29.1 Å². The molecule has 16 heavy (non-hydrogen) atoms. The molecule has 0 bridgehead atoms. The Morgan fingerprint density at radius 2 is 2.25 bits per heavy atom. The highest BCUT2D eigenvalue weighted by Crippen LogP contribution is 2.19. The van der Waals surface area contributed by atoms with Crippen LogP contribution in [0.15, 0.2) is 18.2 Å². The average molecular weight is 244 g/mol. The summed E-state index contributed by atoms with van der Waals surface area (Å²) in [4.78, 5) is 11.7. The van der Waals surface area contributed by atoms with E-state index in [1.165, 1.54) is 6.07 Å². The van der Waals surface area contributed by atoms with Crippen molar-refractivity contribution in [1.82, 2.24) is 5.32 Å². The van der Waals surface area contributed by atoms with E-state index in [0.717, 1.165) is 0 Å². The van der Waals surface area contributed by atoms with E-state index in [4.69, 9.17) is 11.6 Å². The van der Waals surface area contributed by atoms with Crippen molar-refractivity contribution < 1.29 is 9.18 Å². The van der Waals surface area contributed by atoms with Crippen LogP contribution in [0.4, 0.5) is 4.39 Å². The molecule has 0 aromatic heterocycles. The van der Waals surface area contributed by atoms with E-state index >= 15 is 0 Å². The standard InChI is InChI=1S/C12H15ClFNO/c1-8(7-15-2)11(16)6-9-4-3-5-10(13)12(9)14/h3-5,8,15H,6-7H2,1-2H3. The summed E-state index contributed by atoms with van der Waals surface area (Å²) in [7, 11) is 1.78. The number of carbonyl (C=O) groups excluding carboxylic acids is 1. The fraction of sp³-hybridized carbons (Fsp3) is 0.417. The predicted octanol–water partition coefficient (Wildman–Crippen LogP) is 2.45. The largest absolute Gasteiger partial charge is 0.319 e. The lowest BCUT2D eigenvalue weighted by molar-refractivity contribution is -0.121. The maximum atomic E-state index is 13.5. The van der Waals surface area contributed by atoms with Gasteiger partial charge in [0.2, 0.25) is 0 Å². The van der Waals surface area contributed by atoms with Gasteiger partial charge in [-0.2, -0.15) is 0 Å². The van der Waals surface area contributed by atoms with Gasteiger partial charge in [-0.1, -0.05) is 30.7 Å². The third-order valence-corrected chi connectivity index (χ3v) is 2.75. The normalized spacial score (nSPS) is 12.5. The van der Waals surface area contributed by atoms with Crippen LogP contribution >= 0.6 is 11.6 Å². The first-order valence-corrected chi connectivity index (χ1v) is 5.54. The van der Waals surface area contributed by atoms with Gasteiger partial charge < -0.3 is 5.32 Å². The molecule has 0 saturated heterocycles. The molecule has 1 aromatic carbocycles. The van der Waals surface area contributed by atoms with E-state index in [1.807, 2.05) is 6.92 Å². The average Bonchev–Trinajstić information content (AvgIpc) is 2.25. The van der Waals surface area contributed by atoms with Crippen LogP contribution in [0.25, 0.3) is 0 Å². The summed E-state index contributed by atoms with van der Waals surface area (Å²) >= 11 is 5.64. The molecule has 1 N–H and O–H groups in total. The molecule has 0 heterocycles. The smallest absolute Gasteiger partial charge is 0.145 e. The van der Waals surface area contributed by atoms with Crippen molar-refractivity contribution in [2.24, 2.45) is 5.92 Å². The van der Waals surface area contributed by atoms with Crippen molar-refractivity contribution in [2.75, 3.05) is 13.6 Å². The van der Waals surface area contributed by atoms with E-state index in [1.54, 1.807) is 19.2 Å². The molecule has 1 aromatic rings. The third kappa shape index (κ3) is 3.29. The molecule has 0 radical (unpaired) electrons.